The van der Waals surface area contributed by atoms with Gasteiger partial charge in [-0.05, 0) is 20.3 Å². The Labute approximate surface area is 78.2 Å². The van der Waals surface area contributed by atoms with Crippen LogP contribution in [0.1, 0.15) is 34.1 Å². The highest BCUT2D eigenvalue weighted by Crippen LogP contribution is 2.01. The van der Waals surface area contributed by atoms with Gasteiger partial charge >= 0.3 is 11.9 Å². The van der Waals surface area contributed by atoms with E-state index in [2.05, 4.69) is 4.74 Å². The molecule has 0 aliphatic heterocycles. The molecule has 0 aromatic heterocycles. The smallest absolute Gasteiger partial charge is 0.347 e. The average molecular weight is 188 g/mol. The first kappa shape index (κ1) is 11.9. The van der Waals surface area contributed by atoms with E-state index in [0.717, 1.165) is 6.42 Å². The van der Waals surface area contributed by atoms with E-state index in [9.17, 15) is 9.59 Å². The summed E-state index contributed by atoms with van der Waals surface area (Å²) in [6.07, 6.45) is -0.199. The van der Waals surface area contributed by atoms with Gasteiger partial charge in [-0.3, -0.25) is 4.79 Å². The van der Waals surface area contributed by atoms with Crippen molar-refractivity contribution in [1.82, 2.24) is 0 Å². The predicted molar refractivity (Wildman–Crippen MR) is 47.1 cm³/mol. The van der Waals surface area contributed by atoms with E-state index in [0.29, 0.717) is 0 Å². The van der Waals surface area contributed by atoms with E-state index in [1.807, 2.05) is 6.92 Å². The molecule has 0 saturated heterocycles. The van der Waals surface area contributed by atoms with Crippen molar-refractivity contribution in [2.24, 2.45) is 0 Å². The Morgan fingerprint density at radius 1 is 1.23 bits per heavy atom. The molecule has 0 aromatic rings. The standard InChI is InChI=1S/C9H16O4/c1-5-6(2)12-9(11)7(3)13-8(4)10/h6-7H,5H2,1-4H3/t6-,7+/m1/s1. The van der Waals surface area contributed by atoms with E-state index in [-0.39, 0.29) is 6.10 Å². The van der Waals surface area contributed by atoms with Crippen molar-refractivity contribution in [3.8, 4) is 0 Å². The van der Waals surface area contributed by atoms with Crippen molar-refractivity contribution in [1.29, 1.82) is 0 Å². The van der Waals surface area contributed by atoms with Gasteiger partial charge in [-0.15, -0.1) is 0 Å². The quantitative estimate of drug-likeness (QED) is 0.623. The van der Waals surface area contributed by atoms with Crippen LogP contribution in [0.4, 0.5) is 0 Å². The largest absolute Gasteiger partial charge is 0.460 e. The van der Waals surface area contributed by atoms with Gasteiger partial charge < -0.3 is 9.47 Å². The number of hydrogen-bond acceptors (Lipinski definition) is 4. The maximum atomic E-state index is 11.1. The van der Waals surface area contributed by atoms with Gasteiger partial charge in [0.25, 0.3) is 0 Å². The molecule has 0 rings (SSSR count). The van der Waals surface area contributed by atoms with Crippen LogP contribution in [0, 0.1) is 0 Å². The van der Waals surface area contributed by atoms with Gasteiger partial charge in [0.05, 0.1) is 6.10 Å². The van der Waals surface area contributed by atoms with Gasteiger partial charge in [-0.25, -0.2) is 4.79 Å². The first-order valence-corrected chi connectivity index (χ1v) is 4.35. The summed E-state index contributed by atoms with van der Waals surface area (Å²) in [5.41, 5.74) is 0. The van der Waals surface area contributed by atoms with Crippen LogP contribution in [0.15, 0.2) is 0 Å². The van der Waals surface area contributed by atoms with Gasteiger partial charge in [0.1, 0.15) is 0 Å². The molecule has 0 heterocycles. The lowest BCUT2D eigenvalue weighted by Crippen LogP contribution is -2.28. The Kier molecular flexibility index (Phi) is 5.11. The highest BCUT2D eigenvalue weighted by molar-refractivity contribution is 5.78. The van der Waals surface area contributed by atoms with Gasteiger partial charge in [-0.1, -0.05) is 6.92 Å². The van der Waals surface area contributed by atoms with E-state index < -0.39 is 18.0 Å². The summed E-state index contributed by atoms with van der Waals surface area (Å²) in [5, 5.41) is 0. The van der Waals surface area contributed by atoms with Gasteiger partial charge in [0.2, 0.25) is 0 Å². The van der Waals surface area contributed by atoms with E-state index in [4.69, 9.17) is 4.74 Å². The number of hydrogen-bond donors (Lipinski definition) is 0. The fourth-order valence-electron chi connectivity index (χ4n) is 0.674. The van der Waals surface area contributed by atoms with Gasteiger partial charge in [0, 0.05) is 6.92 Å². The molecule has 4 nitrogen and oxygen atoms in total. The Hall–Kier alpha value is -1.06. The van der Waals surface area contributed by atoms with Crippen LogP contribution in [0.5, 0.6) is 0 Å². The zero-order chi connectivity index (χ0) is 10.4. The van der Waals surface area contributed by atoms with Crippen LogP contribution in [0.3, 0.4) is 0 Å². The number of ether oxygens (including phenoxy) is 2. The van der Waals surface area contributed by atoms with Crippen molar-refractivity contribution in [2.75, 3.05) is 0 Å². The lowest BCUT2D eigenvalue weighted by Gasteiger charge is -2.15. The van der Waals surface area contributed by atoms with Crippen molar-refractivity contribution >= 4 is 11.9 Å². The van der Waals surface area contributed by atoms with Crippen molar-refractivity contribution in [2.45, 2.75) is 46.3 Å². The van der Waals surface area contributed by atoms with Crippen LogP contribution in [-0.2, 0) is 19.1 Å². The molecular weight excluding hydrogens is 172 g/mol. The molecule has 76 valence electrons. The monoisotopic (exact) mass is 188 g/mol. The molecule has 13 heavy (non-hydrogen) atoms. The molecule has 0 aliphatic carbocycles. The molecule has 0 unspecified atom stereocenters. The van der Waals surface area contributed by atoms with Crippen molar-refractivity contribution < 1.29 is 19.1 Å². The zero-order valence-corrected chi connectivity index (χ0v) is 8.49. The van der Waals surface area contributed by atoms with Crippen LogP contribution >= 0.6 is 0 Å². The minimum atomic E-state index is -0.813. The van der Waals surface area contributed by atoms with Crippen molar-refractivity contribution in [3.63, 3.8) is 0 Å². The minimum absolute atomic E-state index is 0.134. The first-order chi connectivity index (χ1) is 5.97. The highest BCUT2D eigenvalue weighted by atomic mass is 16.6. The summed E-state index contributed by atoms with van der Waals surface area (Å²) in [6.45, 7) is 6.45. The average Bonchev–Trinajstić information content (AvgIpc) is 2.02. The molecule has 0 bridgehead atoms. The van der Waals surface area contributed by atoms with Gasteiger partial charge in [0.15, 0.2) is 6.10 Å². The molecular formula is C9H16O4. The Morgan fingerprint density at radius 3 is 2.15 bits per heavy atom. The molecule has 2 atom stereocenters. The Bertz CT molecular complexity index is 188. The number of esters is 2. The number of carbonyl (C=O) groups excluding carboxylic acids is 2. The van der Waals surface area contributed by atoms with Crippen LogP contribution in [0.2, 0.25) is 0 Å². The molecule has 0 spiro atoms. The Balaban J connectivity index is 3.89. The van der Waals surface area contributed by atoms with Crippen molar-refractivity contribution in [3.05, 3.63) is 0 Å². The minimum Gasteiger partial charge on any atom is -0.460 e. The molecule has 0 fully saturated rings. The molecule has 0 aliphatic rings. The van der Waals surface area contributed by atoms with E-state index in [1.54, 1.807) is 6.92 Å². The second kappa shape index (κ2) is 5.56. The molecule has 0 N–H and O–H groups in total. The summed E-state index contributed by atoms with van der Waals surface area (Å²) >= 11 is 0. The summed E-state index contributed by atoms with van der Waals surface area (Å²) in [4.78, 5) is 21.6. The maximum absolute atomic E-state index is 11.1. The second-order valence-electron chi connectivity index (χ2n) is 2.91. The Morgan fingerprint density at radius 2 is 1.77 bits per heavy atom. The SMILES string of the molecule is CC[C@@H](C)OC(=O)[C@H](C)OC(C)=O. The summed E-state index contributed by atoms with van der Waals surface area (Å²) in [7, 11) is 0. The highest BCUT2D eigenvalue weighted by Gasteiger charge is 2.18. The fourth-order valence-corrected chi connectivity index (χ4v) is 0.674. The lowest BCUT2D eigenvalue weighted by molar-refractivity contribution is -0.168. The molecule has 0 aromatic carbocycles. The van der Waals surface area contributed by atoms with Crippen LogP contribution < -0.4 is 0 Å². The predicted octanol–water partition coefficient (Wildman–Crippen LogP) is 1.28. The third-order valence-electron chi connectivity index (χ3n) is 1.57. The maximum Gasteiger partial charge on any atom is 0.347 e. The van der Waals surface area contributed by atoms with E-state index in [1.165, 1.54) is 13.8 Å². The summed E-state index contributed by atoms with van der Waals surface area (Å²) < 4.78 is 9.59. The van der Waals surface area contributed by atoms with Crippen LogP contribution in [-0.4, -0.2) is 24.1 Å². The summed E-state index contributed by atoms with van der Waals surface area (Å²) in [5.74, 6) is -0.974. The topological polar surface area (TPSA) is 52.6 Å². The third kappa shape index (κ3) is 5.22. The summed E-state index contributed by atoms with van der Waals surface area (Å²) in [6, 6.07) is 0. The molecule has 0 saturated carbocycles. The fraction of sp³-hybridized carbons (Fsp3) is 0.778. The molecule has 4 heteroatoms. The molecule has 0 amide bonds. The zero-order valence-electron chi connectivity index (χ0n) is 8.49. The lowest BCUT2D eigenvalue weighted by atomic mass is 10.3. The number of rotatable bonds is 4. The first-order valence-electron chi connectivity index (χ1n) is 4.35. The second-order valence-corrected chi connectivity index (χ2v) is 2.91. The normalized spacial score (nSPS) is 14.5. The molecule has 0 radical (unpaired) electrons. The third-order valence-corrected chi connectivity index (χ3v) is 1.57. The van der Waals surface area contributed by atoms with E-state index >= 15 is 0 Å². The number of carbonyl (C=O) groups is 2. The van der Waals surface area contributed by atoms with Gasteiger partial charge in [-0.2, -0.15) is 0 Å². The van der Waals surface area contributed by atoms with Crippen LogP contribution in [0.25, 0.3) is 0 Å².